The van der Waals surface area contributed by atoms with Crippen LogP contribution in [-0.4, -0.2) is 35.6 Å². The van der Waals surface area contributed by atoms with Crippen LogP contribution in [0.2, 0.25) is 10.0 Å². The number of hydrogen-bond acceptors (Lipinski definition) is 6. The number of hydrogen-bond donors (Lipinski definition) is 3. The monoisotopic (exact) mass is 490 g/mol. The van der Waals surface area contributed by atoms with E-state index in [1.807, 2.05) is 26.0 Å². The predicted octanol–water partition coefficient (Wildman–Crippen LogP) is 4.72. The van der Waals surface area contributed by atoms with Crippen LogP contribution in [0.15, 0.2) is 42.7 Å². The Morgan fingerprint density at radius 1 is 1.27 bits per heavy atom. The Morgan fingerprint density at radius 3 is 2.76 bits per heavy atom. The lowest BCUT2D eigenvalue weighted by atomic mass is 10.0. The number of amides is 1. The second kappa shape index (κ2) is 11.4. The smallest absolute Gasteiger partial charge is 0.305 e. The van der Waals surface area contributed by atoms with E-state index >= 15 is 0 Å². The minimum absolute atomic E-state index is 0.0200. The SMILES string of the molecule is CCC(=O)OC[C@@H](NC(=O)C1CC(c2cc(NC(C)C)ncc2Cl)=CN1)c1cccc(Cl)c1. The van der Waals surface area contributed by atoms with E-state index in [9.17, 15) is 9.59 Å². The van der Waals surface area contributed by atoms with E-state index < -0.39 is 12.1 Å². The van der Waals surface area contributed by atoms with Crippen LogP contribution < -0.4 is 16.0 Å². The van der Waals surface area contributed by atoms with Crippen molar-refractivity contribution in [3.8, 4) is 0 Å². The third-order valence-corrected chi connectivity index (χ3v) is 5.64. The number of esters is 1. The summed E-state index contributed by atoms with van der Waals surface area (Å²) in [5.74, 6) is 0.166. The fraction of sp³-hybridized carbons (Fsp3) is 0.375. The number of pyridine rings is 1. The molecule has 7 nitrogen and oxygen atoms in total. The average molecular weight is 491 g/mol. The molecule has 1 aromatic heterocycles. The molecule has 3 rings (SSSR count). The van der Waals surface area contributed by atoms with Gasteiger partial charge in [-0.1, -0.05) is 42.3 Å². The molecule has 0 saturated carbocycles. The van der Waals surface area contributed by atoms with Gasteiger partial charge in [-0.05, 0) is 43.2 Å². The number of carbonyl (C=O) groups is 2. The van der Waals surface area contributed by atoms with E-state index in [1.54, 1.807) is 37.5 Å². The number of ether oxygens (including phenoxy) is 1. The van der Waals surface area contributed by atoms with Crippen molar-refractivity contribution in [2.24, 2.45) is 0 Å². The van der Waals surface area contributed by atoms with Crippen molar-refractivity contribution in [3.63, 3.8) is 0 Å². The molecule has 1 unspecified atom stereocenters. The molecule has 2 heterocycles. The maximum atomic E-state index is 13.1. The normalized spacial score (nSPS) is 16.1. The first-order valence-corrected chi connectivity index (χ1v) is 11.6. The average Bonchev–Trinajstić information content (AvgIpc) is 3.27. The van der Waals surface area contributed by atoms with E-state index in [0.29, 0.717) is 16.5 Å². The Labute approximate surface area is 203 Å². The van der Waals surface area contributed by atoms with Crippen molar-refractivity contribution in [2.75, 3.05) is 11.9 Å². The summed E-state index contributed by atoms with van der Waals surface area (Å²) in [5.41, 5.74) is 2.49. The highest BCUT2D eigenvalue weighted by molar-refractivity contribution is 6.32. The number of benzene rings is 1. The molecular weight excluding hydrogens is 463 g/mol. The van der Waals surface area contributed by atoms with Crippen LogP contribution in [0.5, 0.6) is 0 Å². The third kappa shape index (κ3) is 6.85. The molecule has 33 heavy (non-hydrogen) atoms. The molecule has 3 N–H and O–H groups in total. The van der Waals surface area contributed by atoms with Gasteiger partial charge >= 0.3 is 5.97 Å². The molecule has 0 fully saturated rings. The van der Waals surface area contributed by atoms with Crippen LogP contribution in [0, 0.1) is 0 Å². The molecule has 1 amide bonds. The number of aromatic nitrogens is 1. The van der Waals surface area contributed by atoms with Crippen molar-refractivity contribution >= 4 is 46.5 Å². The van der Waals surface area contributed by atoms with Crippen molar-refractivity contribution in [1.29, 1.82) is 0 Å². The number of rotatable bonds is 9. The third-order valence-electron chi connectivity index (χ3n) is 5.10. The summed E-state index contributed by atoms with van der Waals surface area (Å²) in [7, 11) is 0. The Kier molecular flexibility index (Phi) is 8.58. The van der Waals surface area contributed by atoms with E-state index in [0.717, 1.165) is 22.5 Å². The van der Waals surface area contributed by atoms with Gasteiger partial charge in [0.05, 0.1) is 11.1 Å². The minimum Gasteiger partial charge on any atom is -0.463 e. The Balaban J connectivity index is 1.70. The number of anilines is 1. The van der Waals surface area contributed by atoms with E-state index in [2.05, 4.69) is 20.9 Å². The van der Waals surface area contributed by atoms with Crippen LogP contribution in [0.1, 0.15) is 50.8 Å². The molecule has 1 aliphatic heterocycles. The van der Waals surface area contributed by atoms with Gasteiger partial charge in [0, 0.05) is 41.9 Å². The summed E-state index contributed by atoms with van der Waals surface area (Å²) in [6.45, 7) is 5.80. The summed E-state index contributed by atoms with van der Waals surface area (Å²) in [6, 6.07) is 8.22. The van der Waals surface area contributed by atoms with Gasteiger partial charge in [0.15, 0.2) is 0 Å². The van der Waals surface area contributed by atoms with Gasteiger partial charge in [-0.15, -0.1) is 0 Å². The summed E-state index contributed by atoms with van der Waals surface area (Å²) in [5, 5.41) is 10.4. The van der Waals surface area contributed by atoms with Crippen LogP contribution in [-0.2, 0) is 14.3 Å². The summed E-state index contributed by atoms with van der Waals surface area (Å²) in [6.07, 6.45) is 4.12. The summed E-state index contributed by atoms with van der Waals surface area (Å²) >= 11 is 12.5. The highest BCUT2D eigenvalue weighted by Gasteiger charge is 2.28. The molecule has 0 spiro atoms. The van der Waals surface area contributed by atoms with Gasteiger partial charge < -0.3 is 20.7 Å². The maximum absolute atomic E-state index is 13.1. The number of halogens is 2. The largest absolute Gasteiger partial charge is 0.463 e. The van der Waals surface area contributed by atoms with Gasteiger partial charge in [0.2, 0.25) is 5.91 Å². The van der Waals surface area contributed by atoms with Crippen molar-refractivity contribution in [3.05, 3.63) is 63.9 Å². The number of carbonyl (C=O) groups excluding carboxylic acids is 2. The summed E-state index contributed by atoms with van der Waals surface area (Å²) < 4.78 is 5.30. The first-order valence-electron chi connectivity index (χ1n) is 10.9. The fourth-order valence-corrected chi connectivity index (χ4v) is 3.87. The maximum Gasteiger partial charge on any atom is 0.305 e. The molecule has 0 radical (unpaired) electrons. The van der Waals surface area contributed by atoms with E-state index in [1.165, 1.54) is 0 Å². The summed E-state index contributed by atoms with van der Waals surface area (Å²) in [4.78, 5) is 29.0. The Hall–Kier alpha value is -2.77. The van der Waals surface area contributed by atoms with Crippen molar-refractivity contribution in [2.45, 2.75) is 51.7 Å². The fourth-order valence-electron chi connectivity index (χ4n) is 3.45. The van der Waals surface area contributed by atoms with E-state index in [4.69, 9.17) is 27.9 Å². The minimum atomic E-state index is -0.524. The molecular formula is C24H28Cl2N4O3. The highest BCUT2D eigenvalue weighted by atomic mass is 35.5. The second-order valence-electron chi connectivity index (χ2n) is 8.09. The lowest BCUT2D eigenvalue weighted by Crippen LogP contribution is -2.43. The number of nitrogens with zero attached hydrogens (tertiary/aromatic N) is 1. The highest BCUT2D eigenvalue weighted by Crippen LogP contribution is 2.31. The topological polar surface area (TPSA) is 92.3 Å². The molecule has 0 bridgehead atoms. The molecule has 1 aliphatic rings. The lowest BCUT2D eigenvalue weighted by Gasteiger charge is -2.22. The quantitative estimate of drug-likeness (QED) is 0.440. The standard InChI is InChI=1S/C24H28Cl2N4O3/c1-4-23(31)33-13-21(15-6-5-7-17(25)8-15)30-24(32)20-9-16(11-27-20)18-10-22(29-14(2)3)28-12-19(18)26/h5-8,10-12,14,20-21,27H,4,9,13H2,1-3H3,(H,28,29)(H,30,32)/t20?,21-/m1/s1. The molecule has 176 valence electrons. The zero-order valence-corrected chi connectivity index (χ0v) is 20.3. The van der Waals surface area contributed by atoms with Gasteiger partial charge in [0.25, 0.3) is 0 Å². The zero-order valence-electron chi connectivity index (χ0n) is 18.8. The molecule has 0 saturated heterocycles. The van der Waals surface area contributed by atoms with Crippen molar-refractivity contribution in [1.82, 2.24) is 15.6 Å². The van der Waals surface area contributed by atoms with Crippen LogP contribution in [0.25, 0.3) is 5.57 Å². The van der Waals surface area contributed by atoms with Crippen LogP contribution in [0.3, 0.4) is 0 Å². The van der Waals surface area contributed by atoms with Crippen LogP contribution >= 0.6 is 23.2 Å². The first-order chi connectivity index (χ1) is 15.8. The Bertz CT molecular complexity index is 1040. The number of nitrogens with one attached hydrogen (secondary N) is 3. The Morgan fingerprint density at radius 2 is 2.06 bits per heavy atom. The molecule has 1 aromatic carbocycles. The molecule has 2 atom stereocenters. The van der Waals surface area contributed by atoms with Crippen molar-refractivity contribution < 1.29 is 14.3 Å². The van der Waals surface area contributed by atoms with Gasteiger partial charge in [-0.2, -0.15) is 0 Å². The van der Waals surface area contributed by atoms with E-state index in [-0.39, 0.29) is 30.9 Å². The predicted molar refractivity (Wildman–Crippen MR) is 131 cm³/mol. The lowest BCUT2D eigenvalue weighted by molar-refractivity contribution is -0.144. The first kappa shape index (κ1) is 24.9. The van der Waals surface area contributed by atoms with Gasteiger partial charge in [-0.3, -0.25) is 9.59 Å². The molecule has 9 heteroatoms. The second-order valence-corrected chi connectivity index (χ2v) is 8.94. The van der Waals surface area contributed by atoms with Crippen LogP contribution in [0.4, 0.5) is 5.82 Å². The van der Waals surface area contributed by atoms with Gasteiger partial charge in [0.1, 0.15) is 18.5 Å². The molecule has 0 aliphatic carbocycles. The molecule has 2 aromatic rings. The van der Waals surface area contributed by atoms with Gasteiger partial charge in [-0.25, -0.2) is 4.98 Å². The zero-order chi connectivity index (χ0) is 24.0.